The fourth-order valence-corrected chi connectivity index (χ4v) is 3.33. The van der Waals surface area contributed by atoms with Crippen molar-refractivity contribution in [3.63, 3.8) is 0 Å². The van der Waals surface area contributed by atoms with Crippen LogP contribution in [0.5, 0.6) is 0 Å². The molecule has 0 unspecified atom stereocenters. The smallest absolute Gasteiger partial charge is 0.264 e. The second-order valence-electron chi connectivity index (χ2n) is 5.61. The van der Waals surface area contributed by atoms with E-state index in [0.717, 1.165) is 32.0 Å². The van der Waals surface area contributed by atoms with Gasteiger partial charge in [-0.15, -0.1) is 0 Å². The third kappa shape index (κ3) is 5.61. The van der Waals surface area contributed by atoms with Gasteiger partial charge >= 0.3 is 0 Å². The Morgan fingerprint density at radius 3 is 2.40 bits per heavy atom. The minimum atomic E-state index is -3.80. The third-order valence-corrected chi connectivity index (χ3v) is 4.76. The number of nitrogens with zero attached hydrogens (tertiary/aromatic N) is 1. The molecule has 1 N–H and O–H groups in total. The van der Waals surface area contributed by atoms with Crippen LogP contribution in [-0.4, -0.2) is 43.3 Å². The maximum atomic E-state index is 10.7. The van der Waals surface area contributed by atoms with E-state index in [1.54, 1.807) is 0 Å². The molecule has 0 atom stereocenters. The first kappa shape index (κ1) is 15.5. The Morgan fingerprint density at radius 1 is 1.15 bits per heavy atom. The van der Waals surface area contributed by atoms with Crippen LogP contribution in [0.25, 0.3) is 0 Å². The first-order chi connectivity index (χ1) is 9.53. The molecule has 1 heterocycles. The van der Waals surface area contributed by atoms with Crippen molar-refractivity contribution in [3.8, 4) is 0 Å². The topological polar surface area (TPSA) is 57.6 Å². The quantitative estimate of drug-likeness (QED) is 0.818. The van der Waals surface area contributed by atoms with Crippen molar-refractivity contribution in [2.75, 3.05) is 25.4 Å². The second kappa shape index (κ2) is 7.20. The van der Waals surface area contributed by atoms with Crippen molar-refractivity contribution in [1.29, 1.82) is 0 Å². The summed E-state index contributed by atoms with van der Waals surface area (Å²) in [5.74, 6) is 0.604. The molecule has 0 spiro atoms. The zero-order valence-corrected chi connectivity index (χ0v) is 12.6. The number of hydrogen-bond donors (Lipinski definition) is 1. The maximum Gasteiger partial charge on any atom is 0.264 e. The maximum absolute atomic E-state index is 10.7. The predicted molar refractivity (Wildman–Crippen MR) is 80.3 cm³/mol. The summed E-state index contributed by atoms with van der Waals surface area (Å²) < 4.78 is 30.0. The highest BCUT2D eigenvalue weighted by atomic mass is 32.2. The van der Waals surface area contributed by atoms with E-state index in [-0.39, 0.29) is 5.75 Å². The number of hydrogen-bond acceptors (Lipinski definition) is 3. The second-order valence-corrected chi connectivity index (χ2v) is 7.19. The van der Waals surface area contributed by atoms with Crippen molar-refractivity contribution in [1.82, 2.24) is 4.90 Å². The van der Waals surface area contributed by atoms with E-state index in [1.165, 1.54) is 18.4 Å². The summed E-state index contributed by atoms with van der Waals surface area (Å²) in [6.07, 6.45) is 3.99. The third-order valence-electron chi connectivity index (χ3n) is 3.95. The first-order valence-electron chi connectivity index (χ1n) is 7.24. The lowest BCUT2D eigenvalue weighted by Gasteiger charge is -2.31. The molecule has 0 saturated carbocycles. The van der Waals surface area contributed by atoms with Crippen molar-refractivity contribution >= 4 is 10.1 Å². The monoisotopic (exact) mass is 297 g/mol. The highest BCUT2D eigenvalue weighted by Gasteiger charge is 2.19. The van der Waals surface area contributed by atoms with Gasteiger partial charge in [0.1, 0.15) is 0 Å². The van der Waals surface area contributed by atoms with Gasteiger partial charge in [0.2, 0.25) is 0 Å². The summed E-state index contributed by atoms with van der Waals surface area (Å²) in [6.45, 7) is 2.82. The SMILES string of the molecule is O=S(=O)(O)CCCN1CCC(Cc2ccccc2)CC1. The minimum absolute atomic E-state index is 0.128. The van der Waals surface area contributed by atoms with E-state index in [4.69, 9.17) is 4.55 Å². The van der Waals surface area contributed by atoms with Crippen LogP contribution in [0.1, 0.15) is 24.8 Å². The van der Waals surface area contributed by atoms with Gasteiger partial charge in [0.05, 0.1) is 5.75 Å². The van der Waals surface area contributed by atoms with Gasteiger partial charge in [0, 0.05) is 0 Å². The van der Waals surface area contributed by atoms with Crippen LogP contribution in [-0.2, 0) is 16.5 Å². The number of benzene rings is 1. The Morgan fingerprint density at radius 2 is 1.80 bits per heavy atom. The highest BCUT2D eigenvalue weighted by Crippen LogP contribution is 2.21. The van der Waals surface area contributed by atoms with E-state index in [1.807, 2.05) is 6.07 Å². The largest absolute Gasteiger partial charge is 0.303 e. The molecule has 0 aromatic heterocycles. The highest BCUT2D eigenvalue weighted by molar-refractivity contribution is 7.85. The number of piperidine rings is 1. The summed E-state index contributed by atoms with van der Waals surface area (Å²) in [7, 11) is -3.80. The van der Waals surface area contributed by atoms with Crippen molar-refractivity contribution in [3.05, 3.63) is 35.9 Å². The van der Waals surface area contributed by atoms with Crippen molar-refractivity contribution < 1.29 is 13.0 Å². The molecule has 1 fully saturated rings. The van der Waals surface area contributed by atoms with Gasteiger partial charge in [-0.3, -0.25) is 4.55 Å². The van der Waals surface area contributed by atoms with Gasteiger partial charge < -0.3 is 4.90 Å². The van der Waals surface area contributed by atoms with Crippen molar-refractivity contribution in [2.45, 2.75) is 25.7 Å². The molecule has 20 heavy (non-hydrogen) atoms. The Kier molecular flexibility index (Phi) is 5.57. The molecule has 1 aromatic carbocycles. The van der Waals surface area contributed by atoms with Crippen molar-refractivity contribution in [2.24, 2.45) is 5.92 Å². The van der Waals surface area contributed by atoms with Gasteiger partial charge in [-0.1, -0.05) is 30.3 Å². The van der Waals surface area contributed by atoms with Crippen LogP contribution in [0.3, 0.4) is 0 Å². The van der Waals surface area contributed by atoms with Crippen LogP contribution in [0.15, 0.2) is 30.3 Å². The van der Waals surface area contributed by atoms with Gasteiger partial charge in [0.25, 0.3) is 10.1 Å². The van der Waals surface area contributed by atoms with Crippen LogP contribution >= 0.6 is 0 Å². The summed E-state index contributed by atoms with van der Waals surface area (Å²) in [6, 6.07) is 10.6. The zero-order valence-electron chi connectivity index (χ0n) is 11.7. The van der Waals surface area contributed by atoms with Gasteiger partial charge in [-0.2, -0.15) is 8.42 Å². The van der Waals surface area contributed by atoms with Crippen LogP contribution < -0.4 is 0 Å². The molecule has 5 heteroatoms. The van der Waals surface area contributed by atoms with E-state index in [2.05, 4.69) is 29.2 Å². The standard InChI is InChI=1S/C15H23NO3S/c17-20(18,19)12-4-9-16-10-7-15(8-11-16)13-14-5-2-1-3-6-14/h1-3,5-6,15H,4,7-13H2,(H,17,18,19). The van der Waals surface area contributed by atoms with Gasteiger partial charge in [-0.25, -0.2) is 0 Å². The normalized spacial score (nSPS) is 18.2. The summed E-state index contributed by atoms with van der Waals surface area (Å²) in [4.78, 5) is 2.30. The van der Waals surface area contributed by atoms with E-state index in [0.29, 0.717) is 6.42 Å². The Labute approximate surface area is 121 Å². The fourth-order valence-electron chi connectivity index (χ4n) is 2.83. The van der Waals surface area contributed by atoms with Gasteiger partial charge in [0.15, 0.2) is 0 Å². The minimum Gasteiger partial charge on any atom is -0.303 e. The Bertz CT molecular complexity index is 493. The average molecular weight is 297 g/mol. The van der Waals surface area contributed by atoms with E-state index in [9.17, 15) is 8.42 Å². The lowest BCUT2D eigenvalue weighted by Crippen LogP contribution is -2.35. The molecule has 0 amide bonds. The zero-order chi connectivity index (χ0) is 14.4. The fraction of sp³-hybridized carbons (Fsp3) is 0.600. The average Bonchev–Trinajstić information content (AvgIpc) is 2.41. The molecule has 1 aliphatic rings. The first-order valence-corrected chi connectivity index (χ1v) is 8.85. The molecule has 1 saturated heterocycles. The van der Waals surface area contributed by atoms with E-state index >= 15 is 0 Å². The molecule has 0 aliphatic carbocycles. The molecule has 1 aromatic rings. The summed E-state index contributed by atoms with van der Waals surface area (Å²) in [5, 5.41) is 0. The Hall–Kier alpha value is -0.910. The molecule has 0 bridgehead atoms. The molecule has 1 aliphatic heterocycles. The predicted octanol–water partition coefficient (Wildman–Crippen LogP) is 2.22. The molecule has 112 valence electrons. The van der Waals surface area contributed by atoms with Gasteiger partial charge in [-0.05, 0) is 56.8 Å². The molecular formula is C15H23NO3S. The molecule has 2 rings (SSSR count). The Balaban J connectivity index is 1.67. The summed E-state index contributed by atoms with van der Waals surface area (Å²) in [5.41, 5.74) is 1.40. The van der Waals surface area contributed by atoms with Crippen LogP contribution in [0.2, 0.25) is 0 Å². The summed E-state index contributed by atoms with van der Waals surface area (Å²) >= 11 is 0. The lowest BCUT2D eigenvalue weighted by molar-refractivity contribution is 0.184. The van der Waals surface area contributed by atoms with E-state index < -0.39 is 10.1 Å². The lowest BCUT2D eigenvalue weighted by atomic mass is 9.90. The molecule has 4 nitrogen and oxygen atoms in total. The van der Waals surface area contributed by atoms with Crippen LogP contribution in [0, 0.1) is 5.92 Å². The molecule has 0 radical (unpaired) electrons. The number of likely N-dealkylation sites (tertiary alicyclic amines) is 1. The molecular weight excluding hydrogens is 274 g/mol. The number of rotatable bonds is 6. The van der Waals surface area contributed by atoms with Crippen LogP contribution in [0.4, 0.5) is 0 Å².